The molecule has 0 fully saturated rings. The molecule has 0 aromatic heterocycles. The van der Waals surface area contributed by atoms with Gasteiger partial charge in [-0.15, -0.1) is 12.6 Å². The minimum absolute atomic E-state index is 0.230. The van der Waals surface area contributed by atoms with E-state index in [9.17, 15) is 0 Å². The number of benzene rings is 1. The molecule has 1 aromatic rings. The van der Waals surface area contributed by atoms with Crippen molar-refractivity contribution in [3.8, 4) is 0 Å². The summed E-state index contributed by atoms with van der Waals surface area (Å²) < 4.78 is 0. The summed E-state index contributed by atoms with van der Waals surface area (Å²) >= 11 is 4.31. The molecule has 2 heteroatoms. The molecular formula is C8H12SSn. The quantitative estimate of drug-likeness (QED) is 0.537. The first-order valence-corrected chi connectivity index (χ1v) is 9.29. The van der Waals surface area contributed by atoms with Crippen LogP contribution in [0.3, 0.4) is 0 Å². The first-order chi connectivity index (χ1) is 4.81. The summed E-state index contributed by atoms with van der Waals surface area (Å²) in [4.78, 5) is 5.61. The zero-order chi connectivity index (χ0) is 7.82. The van der Waals surface area contributed by atoms with Crippen molar-refractivity contribution < 1.29 is 0 Å². The minimum atomic E-state index is 0.230. The fraction of sp³-hybridized carbons (Fsp3) is 0.250. The van der Waals surface area contributed by atoms with E-state index in [4.69, 9.17) is 0 Å². The van der Waals surface area contributed by atoms with Crippen molar-refractivity contribution in [2.45, 2.75) is 14.8 Å². The van der Waals surface area contributed by atoms with Gasteiger partial charge in [-0.3, -0.25) is 0 Å². The van der Waals surface area contributed by atoms with E-state index in [1.54, 1.807) is 0 Å². The van der Waals surface area contributed by atoms with Gasteiger partial charge in [0.25, 0.3) is 0 Å². The number of hydrogen-bond acceptors (Lipinski definition) is 1. The van der Waals surface area contributed by atoms with E-state index in [1.807, 2.05) is 30.3 Å². The third-order valence-corrected chi connectivity index (χ3v) is 1.05. The van der Waals surface area contributed by atoms with Crippen LogP contribution in [-0.2, 0) is 0 Å². The second kappa shape index (κ2) is 7.48. The molecule has 0 atom stereocenters. The van der Waals surface area contributed by atoms with Crippen molar-refractivity contribution in [3.05, 3.63) is 30.3 Å². The summed E-state index contributed by atoms with van der Waals surface area (Å²) in [5.74, 6) is 0. The topological polar surface area (TPSA) is 0 Å². The molecule has 1 aromatic carbocycles. The SMILES string of the molecule is Sc1ccccc1.[CH3][Sn][CH3]. The van der Waals surface area contributed by atoms with Crippen molar-refractivity contribution in [1.29, 1.82) is 0 Å². The first kappa shape index (κ1) is 10.4. The van der Waals surface area contributed by atoms with Crippen molar-refractivity contribution >= 4 is 33.8 Å². The van der Waals surface area contributed by atoms with Crippen LogP contribution in [0.15, 0.2) is 35.2 Å². The molecule has 0 aliphatic rings. The van der Waals surface area contributed by atoms with E-state index in [2.05, 4.69) is 22.5 Å². The van der Waals surface area contributed by atoms with E-state index in [1.165, 1.54) is 0 Å². The molecule has 0 heterocycles. The van der Waals surface area contributed by atoms with E-state index in [0.29, 0.717) is 0 Å². The fourth-order valence-corrected chi connectivity index (χ4v) is 0.600. The number of thiol groups is 1. The van der Waals surface area contributed by atoms with Gasteiger partial charge in [0, 0.05) is 4.90 Å². The molecular weight excluding hydrogens is 247 g/mol. The second-order valence-electron chi connectivity index (χ2n) is 1.84. The molecule has 0 aliphatic carbocycles. The molecule has 0 nitrogen and oxygen atoms in total. The van der Waals surface area contributed by atoms with E-state index < -0.39 is 0 Å². The normalized spacial score (nSPS) is 7.90. The van der Waals surface area contributed by atoms with Crippen LogP contribution in [0.2, 0.25) is 9.88 Å². The molecule has 0 saturated carbocycles. The Balaban J connectivity index is 0.000000236. The third kappa shape index (κ3) is 6.49. The van der Waals surface area contributed by atoms with Crippen LogP contribution >= 0.6 is 12.6 Å². The summed E-state index contributed by atoms with van der Waals surface area (Å²) in [6.07, 6.45) is 0. The zero-order valence-corrected chi connectivity index (χ0v) is 10.1. The van der Waals surface area contributed by atoms with Gasteiger partial charge in [-0.1, -0.05) is 18.2 Å². The average molecular weight is 259 g/mol. The zero-order valence-electron chi connectivity index (χ0n) is 6.33. The van der Waals surface area contributed by atoms with Gasteiger partial charge in [-0.2, -0.15) is 0 Å². The molecule has 0 saturated heterocycles. The molecule has 10 heavy (non-hydrogen) atoms. The predicted molar refractivity (Wildman–Crippen MR) is 51.2 cm³/mol. The van der Waals surface area contributed by atoms with E-state index in [-0.39, 0.29) is 21.1 Å². The van der Waals surface area contributed by atoms with Gasteiger partial charge in [0.1, 0.15) is 0 Å². The number of hydrogen-bond donors (Lipinski definition) is 1. The monoisotopic (exact) mass is 260 g/mol. The van der Waals surface area contributed by atoms with Gasteiger partial charge in [-0.05, 0) is 12.1 Å². The predicted octanol–water partition coefficient (Wildman–Crippen LogP) is 2.76. The summed E-state index contributed by atoms with van der Waals surface area (Å²) in [7, 11) is 0. The molecule has 54 valence electrons. The Bertz CT molecular complexity index is 151. The van der Waals surface area contributed by atoms with Gasteiger partial charge in [-0.25, -0.2) is 0 Å². The molecule has 0 N–H and O–H groups in total. The average Bonchev–Trinajstić information content (AvgIpc) is 1.91. The Morgan fingerprint density at radius 1 is 1.10 bits per heavy atom. The van der Waals surface area contributed by atoms with Crippen LogP contribution in [0.1, 0.15) is 0 Å². The van der Waals surface area contributed by atoms with Crippen LogP contribution in [-0.4, -0.2) is 21.1 Å². The second-order valence-corrected chi connectivity index (χ2v) is 5.21. The Labute approximate surface area is 78.7 Å². The Morgan fingerprint density at radius 3 is 1.70 bits per heavy atom. The van der Waals surface area contributed by atoms with Gasteiger partial charge >= 0.3 is 31.0 Å². The molecule has 2 radical (unpaired) electrons. The molecule has 0 bridgehead atoms. The van der Waals surface area contributed by atoms with Crippen molar-refractivity contribution in [2.24, 2.45) is 0 Å². The number of rotatable bonds is 0. The van der Waals surface area contributed by atoms with Gasteiger partial charge in [0.15, 0.2) is 0 Å². The van der Waals surface area contributed by atoms with E-state index in [0.717, 1.165) is 4.90 Å². The standard InChI is InChI=1S/C6H6S.2CH3.Sn/c7-6-4-2-1-3-5-6;;;/h1-5,7H;2*1H3;. The van der Waals surface area contributed by atoms with Crippen LogP contribution in [0.25, 0.3) is 0 Å². The summed E-state index contributed by atoms with van der Waals surface area (Å²) in [5.41, 5.74) is 0. The van der Waals surface area contributed by atoms with Crippen LogP contribution in [0.5, 0.6) is 0 Å². The summed E-state index contributed by atoms with van der Waals surface area (Å²) in [6.45, 7) is 0. The molecule has 0 spiro atoms. The molecule has 0 unspecified atom stereocenters. The van der Waals surface area contributed by atoms with Crippen molar-refractivity contribution in [2.75, 3.05) is 0 Å². The summed E-state index contributed by atoms with van der Waals surface area (Å²) in [6, 6.07) is 9.79. The Hall–Kier alpha value is 0.369. The van der Waals surface area contributed by atoms with Crippen LogP contribution in [0, 0.1) is 0 Å². The maximum atomic E-state index is 4.08. The fourth-order valence-electron chi connectivity index (χ4n) is 0.428. The van der Waals surface area contributed by atoms with Crippen LogP contribution < -0.4 is 0 Å². The van der Waals surface area contributed by atoms with Gasteiger partial charge in [0.2, 0.25) is 0 Å². The Morgan fingerprint density at radius 2 is 1.50 bits per heavy atom. The Kier molecular flexibility index (Phi) is 7.75. The molecule has 1 rings (SSSR count). The van der Waals surface area contributed by atoms with Crippen molar-refractivity contribution in [3.63, 3.8) is 0 Å². The van der Waals surface area contributed by atoms with Gasteiger partial charge < -0.3 is 0 Å². The summed E-state index contributed by atoms with van der Waals surface area (Å²) in [5, 5.41) is 0. The first-order valence-electron chi connectivity index (χ1n) is 3.13. The van der Waals surface area contributed by atoms with Gasteiger partial charge in [0.05, 0.1) is 0 Å². The van der Waals surface area contributed by atoms with Crippen molar-refractivity contribution in [1.82, 2.24) is 0 Å². The maximum absolute atomic E-state index is 4.08. The molecule has 0 aliphatic heterocycles. The van der Waals surface area contributed by atoms with E-state index >= 15 is 0 Å². The third-order valence-electron chi connectivity index (χ3n) is 0.756. The van der Waals surface area contributed by atoms with Crippen LogP contribution in [0.4, 0.5) is 0 Å². The molecule has 0 amide bonds.